The lowest BCUT2D eigenvalue weighted by Gasteiger charge is -2.48. The second-order valence-corrected chi connectivity index (χ2v) is 8.61. The summed E-state index contributed by atoms with van der Waals surface area (Å²) in [4.78, 5) is 2.79. The van der Waals surface area contributed by atoms with E-state index in [1.54, 1.807) is 21.3 Å². The molecule has 0 aromatic rings. The second-order valence-electron chi connectivity index (χ2n) is 8.61. The standard InChI is InChI=1S/C23H45NO3/c1-5-6-7-8-9-10-19-22(23(25-2,26-3)27-4)24(20-15-11-12-16-20)21-17-13-14-18-21/h20-22H,5-19H2,1-4H3. The van der Waals surface area contributed by atoms with Crippen LogP contribution in [0.1, 0.15) is 103 Å². The Labute approximate surface area is 168 Å². The van der Waals surface area contributed by atoms with Crippen LogP contribution in [0.3, 0.4) is 0 Å². The van der Waals surface area contributed by atoms with Crippen molar-refractivity contribution in [3.63, 3.8) is 0 Å². The van der Waals surface area contributed by atoms with Crippen LogP contribution in [-0.2, 0) is 14.2 Å². The largest absolute Gasteiger partial charge is 0.330 e. The Bertz CT molecular complexity index is 350. The van der Waals surface area contributed by atoms with Crippen molar-refractivity contribution in [3.8, 4) is 0 Å². The van der Waals surface area contributed by atoms with Crippen LogP contribution in [0.15, 0.2) is 0 Å². The highest BCUT2D eigenvalue weighted by Gasteiger charge is 2.48. The maximum atomic E-state index is 5.91. The molecule has 0 N–H and O–H groups in total. The molecule has 2 fully saturated rings. The first-order valence-electron chi connectivity index (χ1n) is 11.6. The van der Waals surface area contributed by atoms with Gasteiger partial charge in [-0.1, -0.05) is 71.1 Å². The molecule has 0 radical (unpaired) electrons. The molecule has 0 bridgehead atoms. The van der Waals surface area contributed by atoms with Crippen LogP contribution in [0.25, 0.3) is 0 Å². The summed E-state index contributed by atoms with van der Waals surface area (Å²) in [6, 6.07) is 1.51. The Morgan fingerprint density at radius 3 is 1.63 bits per heavy atom. The molecule has 2 rings (SSSR count). The smallest absolute Gasteiger partial charge is 0.298 e. The number of hydrogen-bond donors (Lipinski definition) is 0. The Morgan fingerprint density at radius 1 is 0.741 bits per heavy atom. The van der Waals surface area contributed by atoms with Crippen molar-refractivity contribution in [1.82, 2.24) is 4.90 Å². The number of unbranched alkanes of at least 4 members (excludes halogenated alkanes) is 5. The highest BCUT2D eigenvalue weighted by Crippen LogP contribution is 2.38. The van der Waals surface area contributed by atoms with Gasteiger partial charge in [0, 0.05) is 33.4 Å². The summed E-state index contributed by atoms with van der Waals surface area (Å²) in [6.07, 6.45) is 19.7. The molecule has 0 aliphatic heterocycles. The van der Waals surface area contributed by atoms with Gasteiger partial charge in [0.05, 0.1) is 6.04 Å². The third-order valence-electron chi connectivity index (χ3n) is 6.95. The van der Waals surface area contributed by atoms with E-state index < -0.39 is 5.97 Å². The minimum atomic E-state index is -0.950. The number of hydrogen-bond acceptors (Lipinski definition) is 4. The minimum absolute atomic E-state index is 0.176. The normalized spacial score (nSPS) is 20.8. The lowest BCUT2D eigenvalue weighted by atomic mass is 9.97. The molecule has 2 aliphatic carbocycles. The summed E-state index contributed by atoms with van der Waals surface area (Å²) in [5, 5.41) is 0. The molecule has 4 heteroatoms. The molecule has 0 aromatic carbocycles. The van der Waals surface area contributed by atoms with Crippen molar-refractivity contribution in [3.05, 3.63) is 0 Å². The highest BCUT2D eigenvalue weighted by molar-refractivity contribution is 4.93. The summed E-state index contributed by atoms with van der Waals surface area (Å²) in [7, 11) is 5.22. The zero-order valence-electron chi connectivity index (χ0n) is 18.5. The fraction of sp³-hybridized carbons (Fsp3) is 1.00. The van der Waals surface area contributed by atoms with Crippen LogP contribution in [0.5, 0.6) is 0 Å². The summed E-state index contributed by atoms with van der Waals surface area (Å²) in [5.41, 5.74) is 0. The molecule has 160 valence electrons. The van der Waals surface area contributed by atoms with Crippen molar-refractivity contribution in [2.75, 3.05) is 21.3 Å². The van der Waals surface area contributed by atoms with Crippen LogP contribution < -0.4 is 0 Å². The van der Waals surface area contributed by atoms with Gasteiger partial charge in [0.15, 0.2) is 0 Å². The maximum Gasteiger partial charge on any atom is 0.298 e. The van der Waals surface area contributed by atoms with E-state index in [2.05, 4.69) is 11.8 Å². The lowest BCUT2D eigenvalue weighted by Crippen LogP contribution is -2.61. The number of methoxy groups -OCH3 is 3. The van der Waals surface area contributed by atoms with Crippen molar-refractivity contribution in [2.45, 2.75) is 127 Å². The topological polar surface area (TPSA) is 30.9 Å². The highest BCUT2D eigenvalue weighted by atomic mass is 16.9. The van der Waals surface area contributed by atoms with Gasteiger partial charge in [0.25, 0.3) is 5.97 Å². The third kappa shape index (κ3) is 6.16. The van der Waals surface area contributed by atoms with Crippen molar-refractivity contribution < 1.29 is 14.2 Å². The summed E-state index contributed by atoms with van der Waals surface area (Å²) < 4.78 is 17.7. The predicted molar refractivity (Wildman–Crippen MR) is 112 cm³/mol. The van der Waals surface area contributed by atoms with E-state index >= 15 is 0 Å². The summed E-state index contributed by atoms with van der Waals surface area (Å²) in [5.74, 6) is -0.950. The zero-order valence-corrected chi connectivity index (χ0v) is 18.5. The Balaban J connectivity index is 2.13. The fourth-order valence-electron chi connectivity index (χ4n) is 5.50. The van der Waals surface area contributed by atoms with Gasteiger partial charge in [-0.2, -0.15) is 0 Å². The van der Waals surface area contributed by atoms with Gasteiger partial charge in [-0.25, -0.2) is 0 Å². The van der Waals surface area contributed by atoms with Crippen molar-refractivity contribution in [2.24, 2.45) is 0 Å². The molecule has 27 heavy (non-hydrogen) atoms. The first kappa shape index (κ1) is 23.1. The Kier molecular flexibility index (Phi) is 10.6. The maximum absolute atomic E-state index is 5.91. The summed E-state index contributed by atoms with van der Waals surface area (Å²) >= 11 is 0. The van der Waals surface area contributed by atoms with E-state index in [9.17, 15) is 0 Å². The van der Waals surface area contributed by atoms with E-state index in [-0.39, 0.29) is 6.04 Å². The minimum Gasteiger partial charge on any atom is -0.330 e. The SMILES string of the molecule is CCCCCCCCC(N(C1CCCC1)C1CCCC1)C(OC)(OC)OC. The van der Waals surface area contributed by atoms with Gasteiger partial charge in [0.1, 0.15) is 0 Å². The van der Waals surface area contributed by atoms with Gasteiger partial charge in [-0.05, 0) is 32.1 Å². The van der Waals surface area contributed by atoms with Crippen LogP contribution in [0, 0.1) is 0 Å². The molecule has 0 saturated heterocycles. The molecule has 2 saturated carbocycles. The number of ether oxygens (including phenoxy) is 3. The van der Waals surface area contributed by atoms with Crippen LogP contribution in [-0.4, -0.2) is 50.3 Å². The molecule has 2 aliphatic rings. The molecule has 0 heterocycles. The molecular weight excluding hydrogens is 338 g/mol. The quantitative estimate of drug-likeness (QED) is 0.277. The van der Waals surface area contributed by atoms with E-state index in [1.165, 1.54) is 89.9 Å². The average Bonchev–Trinajstić information content (AvgIpc) is 3.41. The van der Waals surface area contributed by atoms with Crippen LogP contribution >= 0.6 is 0 Å². The number of rotatable bonds is 14. The first-order valence-corrected chi connectivity index (χ1v) is 11.6. The monoisotopic (exact) mass is 383 g/mol. The van der Waals surface area contributed by atoms with Gasteiger partial charge in [0.2, 0.25) is 0 Å². The molecule has 0 amide bonds. The van der Waals surface area contributed by atoms with Crippen molar-refractivity contribution >= 4 is 0 Å². The fourth-order valence-corrected chi connectivity index (χ4v) is 5.50. The third-order valence-corrected chi connectivity index (χ3v) is 6.95. The van der Waals surface area contributed by atoms with Crippen molar-refractivity contribution in [1.29, 1.82) is 0 Å². The van der Waals surface area contributed by atoms with Gasteiger partial charge < -0.3 is 14.2 Å². The van der Waals surface area contributed by atoms with E-state index in [4.69, 9.17) is 14.2 Å². The summed E-state index contributed by atoms with van der Waals surface area (Å²) in [6.45, 7) is 2.28. The van der Waals surface area contributed by atoms with Gasteiger partial charge in [-0.15, -0.1) is 0 Å². The second kappa shape index (κ2) is 12.4. The van der Waals surface area contributed by atoms with Gasteiger partial charge in [-0.3, -0.25) is 4.90 Å². The average molecular weight is 384 g/mol. The first-order chi connectivity index (χ1) is 13.2. The van der Waals surface area contributed by atoms with E-state index in [0.29, 0.717) is 12.1 Å². The molecule has 0 spiro atoms. The molecule has 4 nitrogen and oxygen atoms in total. The molecular formula is C23H45NO3. The molecule has 1 atom stereocenters. The van der Waals surface area contributed by atoms with E-state index in [0.717, 1.165) is 6.42 Å². The molecule has 0 aromatic heterocycles. The van der Waals surface area contributed by atoms with Gasteiger partial charge >= 0.3 is 0 Å². The predicted octanol–water partition coefficient (Wildman–Crippen LogP) is 5.89. The van der Waals surface area contributed by atoms with Crippen LogP contribution in [0.2, 0.25) is 0 Å². The van der Waals surface area contributed by atoms with E-state index in [1.807, 2.05) is 0 Å². The Hall–Kier alpha value is -0.160. The lowest BCUT2D eigenvalue weighted by molar-refractivity contribution is -0.382. The number of nitrogens with zero attached hydrogens (tertiary/aromatic N) is 1. The Morgan fingerprint density at radius 2 is 1.19 bits per heavy atom. The molecule has 1 unspecified atom stereocenters. The zero-order chi connectivity index (χ0) is 19.5. The van der Waals surface area contributed by atoms with Crippen LogP contribution in [0.4, 0.5) is 0 Å².